The average Bonchev–Trinajstić information content (AvgIpc) is 2.46. The van der Waals surface area contributed by atoms with Crippen molar-refractivity contribution < 1.29 is 27.5 Å². The lowest BCUT2D eigenvalue weighted by Crippen LogP contribution is -2.63. The zero-order valence-electron chi connectivity index (χ0n) is 14.0. The normalized spacial score (nSPS) is 14.5. The van der Waals surface area contributed by atoms with E-state index < -0.39 is 38.3 Å². The van der Waals surface area contributed by atoms with E-state index in [0.29, 0.717) is 25.7 Å². The van der Waals surface area contributed by atoms with Crippen molar-refractivity contribution in [2.45, 2.75) is 50.3 Å². The van der Waals surface area contributed by atoms with Crippen molar-refractivity contribution in [2.75, 3.05) is 26.1 Å². The van der Waals surface area contributed by atoms with Gasteiger partial charge in [0.1, 0.15) is 6.61 Å². The third-order valence-corrected chi connectivity index (χ3v) is 5.83. The number of hydrogen-bond acceptors (Lipinski definition) is 7. The van der Waals surface area contributed by atoms with Gasteiger partial charge >= 0.3 is 5.97 Å². The molecule has 0 rings (SSSR count). The van der Waals surface area contributed by atoms with Gasteiger partial charge in [-0.3, -0.25) is 4.79 Å². The minimum absolute atomic E-state index is 0.0988. The van der Waals surface area contributed by atoms with Gasteiger partial charge < -0.3 is 20.9 Å². The van der Waals surface area contributed by atoms with E-state index in [1.807, 2.05) is 13.8 Å². The van der Waals surface area contributed by atoms with Crippen LogP contribution in [-0.4, -0.2) is 57.2 Å². The minimum atomic E-state index is -3.78. The molecule has 1 unspecified atom stereocenters. The van der Waals surface area contributed by atoms with Crippen molar-refractivity contribution in [3.63, 3.8) is 0 Å². The topological polar surface area (TPSA) is 139 Å². The van der Waals surface area contributed by atoms with Crippen LogP contribution in [0.5, 0.6) is 0 Å². The van der Waals surface area contributed by atoms with Crippen LogP contribution in [0.2, 0.25) is 0 Å². The third kappa shape index (κ3) is 6.44. The van der Waals surface area contributed by atoms with E-state index >= 15 is 0 Å². The molecule has 0 aliphatic heterocycles. The summed E-state index contributed by atoms with van der Waals surface area (Å²) >= 11 is 0. The van der Waals surface area contributed by atoms with E-state index in [-0.39, 0.29) is 13.2 Å². The summed E-state index contributed by atoms with van der Waals surface area (Å²) in [5, 5.41) is -0.661. The van der Waals surface area contributed by atoms with Gasteiger partial charge in [-0.25, -0.2) is 13.2 Å². The molecule has 0 aromatic heterocycles. The number of nitrogens with two attached hydrogens (primary N) is 2. The van der Waals surface area contributed by atoms with E-state index in [9.17, 15) is 18.0 Å². The molecule has 1 atom stereocenters. The first kappa shape index (κ1) is 21.8. The Labute approximate surface area is 137 Å². The van der Waals surface area contributed by atoms with Crippen LogP contribution in [0.25, 0.3) is 0 Å². The zero-order chi connectivity index (χ0) is 18.1. The number of sulfone groups is 1. The molecule has 1 amide bonds. The molecule has 0 aromatic carbocycles. The number of carbonyl (C=O) groups is 2. The summed E-state index contributed by atoms with van der Waals surface area (Å²) < 4.78 is 34.6. The molecule has 0 aromatic rings. The molecule has 0 bridgehead atoms. The second kappa shape index (κ2) is 9.84. The van der Waals surface area contributed by atoms with Crippen LogP contribution in [0, 0.1) is 0 Å². The number of amides is 1. The molecule has 9 heteroatoms. The van der Waals surface area contributed by atoms with E-state index in [0.717, 1.165) is 0 Å². The summed E-state index contributed by atoms with van der Waals surface area (Å²) in [6.45, 7) is 3.68. The molecule has 0 aliphatic carbocycles. The first-order chi connectivity index (χ1) is 10.7. The lowest BCUT2D eigenvalue weighted by atomic mass is 10.0. The van der Waals surface area contributed by atoms with E-state index in [1.54, 1.807) is 0 Å². The number of primary amides is 1. The minimum Gasteiger partial charge on any atom is -0.461 e. The van der Waals surface area contributed by atoms with E-state index in [1.165, 1.54) is 7.11 Å². The Kier molecular flexibility index (Phi) is 9.33. The van der Waals surface area contributed by atoms with Crippen LogP contribution in [-0.2, 0) is 28.9 Å². The fraction of sp³-hybridized carbons (Fsp3) is 0.857. The largest absolute Gasteiger partial charge is 0.461 e. The Morgan fingerprint density at radius 1 is 1.13 bits per heavy atom. The number of esters is 1. The Morgan fingerprint density at radius 3 is 2.04 bits per heavy atom. The zero-order valence-corrected chi connectivity index (χ0v) is 14.9. The Bertz CT molecular complexity index is 487. The standard InChI is InChI=1S/C14H28N2O6S/c1-4-6-11(7-5-2)23(19,20)10-14(16,12(15)17)13(18)22-9-8-21-3/h11H,4-10,16H2,1-3H3,(H2,15,17). The second-order valence-corrected chi connectivity index (χ2v) is 7.75. The highest BCUT2D eigenvalue weighted by Gasteiger charge is 2.47. The molecule has 4 N–H and O–H groups in total. The third-order valence-electron chi connectivity index (χ3n) is 3.48. The Hall–Kier alpha value is -1.19. The monoisotopic (exact) mass is 352 g/mol. The summed E-state index contributed by atoms with van der Waals surface area (Å²) in [6, 6.07) is 0. The molecular formula is C14H28N2O6S. The number of ether oxygens (including phenoxy) is 2. The first-order valence-corrected chi connectivity index (χ1v) is 9.33. The molecule has 8 nitrogen and oxygen atoms in total. The molecular weight excluding hydrogens is 324 g/mol. The maximum absolute atomic E-state index is 12.5. The van der Waals surface area contributed by atoms with Gasteiger partial charge in [-0.05, 0) is 12.8 Å². The SMILES string of the molecule is CCCC(CCC)S(=O)(=O)CC(N)(C(N)=O)C(=O)OCCOC. The number of carbonyl (C=O) groups excluding carboxylic acids is 2. The van der Waals surface area contributed by atoms with Crippen molar-refractivity contribution in [2.24, 2.45) is 11.5 Å². The van der Waals surface area contributed by atoms with Gasteiger partial charge in [0.2, 0.25) is 11.4 Å². The number of methoxy groups -OCH3 is 1. The molecule has 23 heavy (non-hydrogen) atoms. The molecule has 0 saturated heterocycles. The molecule has 0 spiro atoms. The molecule has 0 saturated carbocycles. The van der Waals surface area contributed by atoms with Crippen molar-refractivity contribution in [1.82, 2.24) is 0 Å². The van der Waals surface area contributed by atoms with Crippen LogP contribution < -0.4 is 11.5 Å². The summed E-state index contributed by atoms with van der Waals surface area (Å²) in [4.78, 5) is 23.6. The smallest absolute Gasteiger partial charge is 0.337 e. The van der Waals surface area contributed by atoms with Gasteiger partial charge in [-0.1, -0.05) is 26.7 Å². The molecule has 0 fully saturated rings. The van der Waals surface area contributed by atoms with Crippen LogP contribution >= 0.6 is 0 Å². The van der Waals surface area contributed by atoms with E-state index in [4.69, 9.17) is 20.9 Å². The number of rotatable bonds is 12. The van der Waals surface area contributed by atoms with Crippen molar-refractivity contribution in [3.8, 4) is 0 Å². The van der Waals surface area contributed by atoms with Crippen LogP contribution in [0.4, 0.5) is 0 Å². The van der Waals surface area contributed by atoms with Crippen molar-refractivity contribution in [3.05, 3.63) is 0 Å². The quantitative estimate of drug-likeness (QED) is 0.280. The van der Waals surface area contributed by atoms with Crippen LogP contribution in [0.3, 0.4) is 0 Å². The van der Waals surface area contributed by atoms with Gasteiger partial charge in [-0.15, -0.1) is 0 Å². The van der Waals surface area contributed by atoms with Gasteiger partial charge in [0.05, 0.1) is 17.6 Å². The first-order valence-electron chi connectivity index (χ1n) is 7.62. The summed E-state index contributed by atoms with van der Waals surface area (Å²) in [6.07, 6.45) is 2.19. The fourth-order valence-corrected chi connectivity index (χ4v) is 4.48. The highest BCUT2D eigenvalue weighted by molar-refractivity contribution is 7.92. The van der Waals surface area contributed by atoms with Crippen LogP contribution in [0.15, 0.2) is 0 Å². The predicted octanol–water partition coefficient (Wildman–Crippen LogP) is -0.258. The summed E-state index contributed by atoms with van der Waals surface area (Å²) in [5.74, 6) is -3.24. The van der Waals surface area contributed by atoms with Crippen LogP contribution in [0.1, 0.15) is 39.5 Å². The summed E-state index contributed by atoms with van der Waals surface area (Å²) in [5.41, 5.74) is 8.49. The second-order valence-electron chi connectivity index (χ2n) is 5.47. The van der Waals surface area contributed by atoms with Gasteiger partial charge in [0.15, 0.2) is 9.84 Å². The van der Waals surface area contributed by atoms with Gasteiger partial charge in [0, 0.05) is 7.11 Å². The highest BCUT2D eigenvalue weighted by Crippen LogP contribution is 2.20. The fourth-order valence-electron chi connectivity index (χ4n) is 2.16. The number of hydrogen-bond donors (Lipinski definition) is 2. The van der Waals surface area contributed by atoms with Gasteiger partial charge in [0.25, 0.3) is 0 Å². The maximum atomic E-state index is 12.5. The van der Waals surface area contributed by atoms with Gasteiger partial charge in [-0.2, -0.15) is 0 Å². The average molecular weight is 352 g/mol. The van der Waals surface area contributed by atoms with E-state index in [2.05, 4.69) is 0 Å². The Morgan fingerprint density at radius 2 is 1.65 bits per heavy atom. The molecule has 0 radical (unpaired) electrons. The lowest BCUT2D eigenvalue weighted by Gasteiger charge is -2.26. The highest BCUT2D eigenvalue weighted by atomic mass is 32.2. The van der Waals surface area contributed by atoms with Crippen molar-refractivity contribution >= 4 is 21.7 Å². The maximum Gasteiger partial charge on any atom is 0.337 e. The lowest BCUT2D eigenvalue weighted by molar-refractivity contribution is -0.153. The Balaban J connectivity index is 5.30. The molecule has 136 valence electrons. The summed E-state index contributed by atoms with van der Waals surface area (Å²) in [7, 11) is -2.38. The molecule has 0 aliphatic rings. The predicted molar refractivity (Wildman–Crippen MR) is 86.3 cm³/mol. The van der Waals surface area contributed by atoms with Crippen molar-refractivity contribution in [1.29, 1.82) is 0 Å². The molecule has 0 heterocycles.